The van der Waals surface area contributed by atoms with Gasteiger partial charge >= 0.3 is 0 Å². The molecular formula is C14H28N2O2. The first-order valence-electron chi connectivity index (χ1n) is 7.30. The molecule has 0 bridgehead atoms. The van der Waals surface area contributed by atoms with E-state index in [-0.39, 0.29) is 30.6 Å². The number of rotatable bonds is 6. The Morgan fingerprint density at radius 2 is 2.06 bits per heavy atom. The van der Waals surface area contributed by atoms with Crippen molar-refractivity contribution in [3.05, 3.63) is 0 Å². The van der Waals surface area contributed by atoms with Gasteiger partial charge in [-0.1, -0.05) is 20.3 Å². The van der Waals surface area contributed by atoms with Gasteiger partial charge in [-0.3, -0.25) is 9.69 Å². The highest BCUT2D eigenvalue weighted by atomic mass is 16.3. The molecule has 1 amide bonds. The molecule has 4 nitrogen and oxygen atoms in total. The number of aliphatic hydroxyl groups excluding tert-OH is 1. The fourth-order valence-electron chi connectivity index (χ4n) is 2.69. The minimum Gasteiger partial charge on any atom is -0.395 e. The Morgan fingerprint density at radius 3 is 2.61 bits per heavy atom. The third-order valence-corrected chi connectivity index (χ3v) is 4.09. The lowest BCUT2D eigenvalue weighted by Gasteiger charge is -2.38. The standard InChI is InChI=1S/C14H28N2O2/c1-4-12(5-2)15-14(18)11(3)16-9-7-6-8-13(16)10-17/h11-13,17H,4-10H2,1-3H3,(H,15,18). The summed E-state index contributed by atoms with van der Waals surface area (Å²) in [6.45, 7) is 7.21. The first kappa shape index (κ1) is 15.4. The average molecular weight is 256 g/mol. The molecule has 1 heterocycles. The van der Waals surface area contributed by atoms with Crippen LogP contribution in [-0.4, -0.2) is 47.2 Å². The van der Waals surface area contributed by atoms with Crippen molar-refractivity contribution in [1.82, 2.24) is 10.2 Å². The van der Waals surface area contributed by atoms with Gasteiger partial charge in [0, 0.05) is 12.1 Å². The van der Waals surface area contributed by atoms with Gasteiger partial charge in [-0.2, -0.15) is 0 Å². The van der Waals surface area contributed by atoms with E-state index in [9.17, 15) is 9.90 Å². The summed E-state index contributed by atoms with van der Waals surface area (Å²) in [7, 11) is 0. The Kier molecular flexibility index (Phi) is 6.65. The summed E-state index contributed by atoms with van der Waals surface area (Å²) in [5, 5.41) is 12.5. The van der Waals surface area contributed by atoms with Crippen LogP contribution in [0.2, 0.25) is 0 Å². The molecule has 1 aliphatic rings. The van der Waals surface area contributed by atoms with Crippen LogP contribution in [0.5, 0.6) is 0 Å². The molecule has 1 fully saturated rings. The lowest BCUT2D eigenvalue weighted by molar-refractivity contribution is -0.128. The minimum atomic E-state index is -0.136. The highest BCUT2D eigenvalue weighted by Crippen LogP contribution is 2.19. The van der Waals surface area contributed by atoms with Gasteiger partial charge in [0.1, 0.15) is 0 Å². The summed E-state index contributed by atoms with van der Waals surface area (Å²) in [5.74, 6) is 0.101. The van der Waals surface area contributed by atoms with Crippen molar-refractivity contribution in [1.29, 1.82) is 0 Å². The Balaban J connectivity index is 2.55. The van der Waals surface area contributed by atoms with E-state index < -0.39 is 0 Å². The second kappa shape index (κ2) is 7.74. The van der Waals surface area contributed by atoms with Crippen molar-refractivity contribution in [2.75, 3.05) is 13.2 Å². The molecule has 2 atom stereocenters. The van der Waals surface area contributed by atoms with E-state index >= 15 is 0 Å². The third-order valence-electron chi connectivity index (χ3n) is 4.09. The van der Waals surface area contributed by atoms with E-state index in [1.807, 2.05) is 6.92 Å². The van der Waals surface area contributed by atoms with Crippen LogP contribution in [0.3, 0.4) is 0 Å². The van der Waals surface area contributed by atoms with Crippen LogP contribution in [0.15, 0.2) is 0 Å². The monoisotopic (exact) mass is 256 g/mol. The number of nitrogens with zero attached hydrogens (tertiary/aromatic N) is 1. The number of hydrogen-bond donors (Lipinski definition) is 2. The third kappa shape index (κ3) is 3.95. The quantitative estimate of drug-likeness (QED) is 0.758. The molecular weight excluding hydrogens is 228 g/mol. The number of piperidine rings is 1. The van der Waals surface area contributed by atoms with Gasteiger partial charge in [0.05, 0.1) is 12.6 Å². The maximum Gasteiger partial charge on any atom is 0.237 e. The van der Waals surface area contributed by atoms with Crippen LogP contribution in [0.1, 0.15) is 52.9 Å². The summed E-state index contributed by atoms with van der Waals surface area (Å²) in [6, 6.07) is 0.293. The number of carbonyl (C=O) groups is 1. The molecule has 0 aliphatic carbocycles. The predicted molar refractivity (Wildman–Crippen MR) is 73.4 cm³/mol. The number of likely N-dealkylation sites (tertiary alicyclic amines) is 1. The molecule has 1 saturated heterocycles. The zero-order chi connectivity index (χ0) is 13.5. The molecule has 18 heavy (non-hydrogen) atoms. The lowest BCUT2D eigenvalue weighted by Crippen LogP contribution is -2.54. The van der Waals surface area contributed by atoms with Crippen molar-refractivity contribution in [3.63, 3.8) is 0 Å². The van der Waals surface area contributed by atoms with E-state index in [0.29, 0.717) is 0 Å². The van der Waals surface area contributed by atoms with Crippen molar-refractivity contribution in [2.24, 2.45) is 0 Å². The molecule has 4 heteroatoms. The molecule has 0 radical (unpaired) electrons. The molecule has 0 aromatic carbocycles. The van der Waals surface area contributed by atoms with Crippen LogP contribution in [0, 0.1) is 0 Å². The number of aliphatic hydroxyl groups is 1. The summed E-state index contributed by atoms with van der Waals surface area (Å²) >= 11 is 0. The van der Waals surface area contributed by atoms with Gasteiger partial charge in [-0.25, -0.2) is 0 Å². The molecule has 0 spiro atoms. The summed E-state index contributed by atoms with van der Waals surface area (Å²) in [4.78, 5) is 14.4. The first-order valence-corrected chi connectivity index (χ1v) is 7.30. The molecule has 1 rings (SSSR count). The molecule has 2 N–H and O–H groups in total. The summed E-state index contributed by atoms with van der Waals surface area (Å²) in [5.41, 5.74) is 0. The SMILES string of the molecule is CCC(CC)NC(=O)C(C)N1CCCCC1CO. The van der Waals surface area contributed by atoms with E-state index in [1.165, 1.54) is 0 Å². The number of hydrogen-bond acceptors (Lipinski definition) is 3. The van der Waals surface area contributed by atoms with Crippen molar-refractivity contribution >= 4 is 5.91 Å². The van der Waals surface area contributed by atoms with E-state index in [0.717, 1.165) is 38.6 Å². The molecule has 0 aromatic rings. The molecule has 0 saturated carbocycles. The van der Waals surface area contributed by atoms with Crippen LogP contribution >= 0.6 is 0 Å². The van der Waals surface area contributed by atoms with Gasteiger partial charge in [0.2, 0.25) is 5.91 Å². The normalized spacial score (nSPS) is 23.1. The predicted octanol–water partition coefficient (Wildman–Crippen LogP) is 1.53. The van der Waals surface area contributed by atoms with Crippen LogP contribution < -0.4 is 5.32 Å². The summed E-state index contributed by atoms with van der Waals surface area (Å²) < 4.78 is 0. The van der Waals surface area contributed by atoms with E-state index in [2.05, 4.69) is 24.1 Å². The molecule has 1 aliphatic heterocycles. The topological polar surface area (TPSA) is 52.6 Å². The number of carbonyl (C=O) groups excluding carboxylic acids is 1. The Labute approximate surface area is 111 Å². The van der Waals surface area contributed by atoms with Crippen molar-refractivity contribution in [3.8, 4) is 0 Å². The van der Waals surface area contributed by atoms with Gasteiger partial charge in [0.15, 0.2) is 0 Å². The molecule has 106 valence electrons. The van der Waals surface area contributed by atoms with E-state index in [4.69, 9.17) is 0 Å². The van der Waals surface area contributed by atoms with Crippen LogP contribution in [0.25, 0.3) is 0 Å². The van der Waals surface area contributed by atoms with Crippen molar-refractivity contribution < 1.29 is 9.90 Å². The Bertz CT molecular complexity index is 254. The highest BCUT2D eigenvalue weighted by Gasteiger charge is 2.30. The highest BCUT2D eigenvalue weighted by molar-refractivity contribution is 5.81. The van der Waals surface area contributed by atoms with Crippen LogP contribution in [-0.2, 0) is 4.79 Å². The summed E-state index contributed by atoms with van der Waals surface area (Å²) in [6.07, 6.45) is 5.22. The second-order valence-corrected chi connectivity index (χ2v) is 5.27. The number of nitrogens with one attached hydrogen (secondary N) is 1. The fraction of sp³-hybridized carbons (Fsp3) is 0.929. The Morgan fingerprint density at radius 1 is 1.39 bits per heavy atom. The fourth-order valence-corrected chi connectivity index (χ4v) is 2.69. The Hall–Kier alpha value is -0.610. The second-order valence-electron chi connectivity index (χ2n) is 5.27. The first-order chi connectivity index (χ1) is 8.63. The number of amides is 1. The maximum absolute atomic E-state index is 12.2. The molecule has 0 aromatic heterocycles. The van der Waals surface area contributed by atoms with Gasteiger partial charge in [0.25, 0.3) is 0 Å². The maximum atomic E-state index is 12.2. The molecule has 2 unspecified atom stereocenters. The largest absolute Gasteiger partial charge is 0.395 e. The van der Waals surface area contributed by atoms with Gasteiger partial charge in [-0.15, -0.1) is 0 Å². The van der Waals surface area contributed by atoms with E-state index in [1.54, 1.807) is 0 Å². The lowest BCUT2D eigenvalue weighted by atomic mass is 10.00. The van der Waals surface area contributed by atoms with Crippen molar-refractivity contribution in [2.45, 2.75) is 71.0 Å². The average Bonchev–Trinajstić information content (AvgIpc) is 2.43. The van der Waals surface area contributed by atoms with Gasteiger partial charge < -0.3 is 10.4 Å². The van der Waals surface area contributed by atoms with Gasteiger partial charge in [-0.05, 0) is 39.2 Å². The minimum absolute atomic E-state index is 0.101. The zero-order valence-corrected chi connectivity index (χ0v) is 12.0. The van der Waals surface area contributed by atoms with Crippen LogP contribution in [0.4, 0.5) is 0 Å². The smallest absolute Gasteiger partial charge is 0.237 e. The zero-order valence-electron chi connectivity index (χ0n) is 12.0.